The molecule has 0 radical (unpaired) electrons. The molecule has 0 saturated heterocycles. The maximum Gasteiger partial charge on any atom is 0.270 e. The zero-order chi connectivity index (χ0) is 15.6. The maximum absolute atomic E-state index is 14.1. The molecule has 0 bridgehead atoms. The van der Waals surface area contributed by atoms with Crippen LogP contribution >= 0.6 is 27.5 Å². The number of nitrogens with zero attached hydrogens (tertiary/aromatic N) is 6. The van der Waals surface area contributed by atoms with E-state index >= 15 is 0 Å². The lowest BCUT2D eigenvalue weighted by Crippen LogP contribution is -2.02. The van der Waals surface area contributed by atoms with Gasteiger partial charge in [-0.15, -0.1) is 0 Å². The fraction of sp³-hybridized carbons (Fsp3) is 0.182. The molecule has 0 aliphatic heterocycles. The van der Waals surface area contributed by atoms with Crippen LogP contribution in [0.15, 0.2) is 20.5 Å². The highest BCUT2D eigenvalue weighted by atomic mass is 79.9. The van der Waals surface area contributed by atoms with Gasteiger partial charge in [0.25, 0.3) is 5.95 Å². The number of halogens is 3. The van der Waals surface area contributed by atoms with E-state index in [4.69, 9.17) is 11.6 Å². The molecule has 108 valence electrons. The molecule has 21 heavy (non-hydrogen) atoms. The first kappa shape index (κ1) is 15.4. The Hall–Kier alpha value is -1.96. The number of benzene rings is 1. The van der Waals surface area contributed by atoms with Gasteiger partial charge < -0.3 is 0 Å². The predicted octanol–water partition coefficient (Wildman–Crippen LogP) is 2.70. The van der Waals surface area contributed by atoms with E-state index in [1.807, 2.05) is 0 Å². The van der Waals surface area contributed by atoms with E-state index in [1.54, 1.807) is 14.0 Å². The maximum atomic E-state index is 14.1. The summed E-state index contributed by atoms with van der Waals surface area (Å²) < 4.78 is 15.7. The summed E-state index contributed by atoms with van der Waals surface area (Å²) >= 11 is 9.17. The number of tetrazole rings is 1. The molecule has 0 fully saturated rings. The van der Waals surface area contributed by atoms with Crippen molar-refractivity contribution < 1.29 is 9.18 Å². The van der Waals surface area contributed by atoms with E-state index in [0.29, 0.717) is 10.0 Å². The van der Waals surface area contributed by atoms with Crippen LogP contribution in [0.1, 0.15) is 11.1 Å². The van der Waals surface area contributed by atoms with Gasteiger partial charge in [0.2, 0.25) is 6.08 Å². The number of hydrogen-bond donors (Lipinski definition) is 0. The lowest BCUT2D eigenvalue weighted by atomic mass is 10.1. The molecule has 0 unspecified atom stereocenters. The molecular weight excluding hydrogens is 367 g/mol. The summed E-state index contributed by atoms with van der Waals surface area (Å²) in [4.78, 5) is 17.9. The molecule has 2 rings (SSSR count). The first-order valence-corrected chi connectivity index (χ1v) is 6.66. The van der Waals surface area contributed by atoms with E-state index in [1.165, 1.54) is 10.8 Å². The van der Waals surface area contributed by atoms with Gasteiger partial charge in [0.15, 0.2) is 0 Å². The van der Waals surface area contributed by atoms with Gasteiger partial charge in [-0.05, 0) is 44.9 Å². The molecule has 0 atom stereocenters. The van der Waals surface area contributed by atoms with Crippen LogP contribution in [0.4, 0.5) is 16.0 Å². The smallest absolute Gasteiger partial charge is 0.213 e. The molecule has 0 aliphatic carbocycles. The number of aliphatic imine (C=N–C) groups is 2. The zero-order valence-corrected chi connectivity index (χ0v) is 13.1. The summed E-state index contributed by atoms with van der Waals surface area (Å²) in [5.41, 5.74) is 0.580. The van der Waals surface area contributed by atoms with Crippen LogP contribution < -0.4 is 0 Å². The van der Waals surface area contributed by atoms with Gasteiger partial charge in [0.1, 0.15) is 11.0 Å². The second-order valence-electron chi connectivity index (χ2n) is 3.90. The monoisotopic (exact) mass is 372 g/mol. The molecule has 0 amide bonds. The second kappa shape index (κ2) is 6.21. The van der Waals surface area contributed by atoms with Gasteiger partial charge in [-0.1, -0.05) is 16.7 Å². The Kier molecular flexibility index (Phi) is 4.56. The van der Waals surface area contributed by atoms with E-state index in [2.05, 4.69) is 41.4 Å². The van der Waals surface area contributed by atoms with Crippen molar-refractivity contribution in [3.8, 4) is 0 Å². The van der Waals surface area contributed by atoms with Gasteiger partial charge >= 0.3 is 0 Å². The summed E-state index contributed by atoms with van der Waals surface area (Å²) in [5.74, 6) is -0.504. The first-order chi connectivity index (χ1) is 9.95. The summed E-state index contributed by atoms with van der Waals surface area (Å²) in [6.45, 7) is 1.56. The SMILES string of the molecule is Cc1c(N=C=O)c(Br)cc(F)c1C(Cl)=Nc1nnnn1C. The molecule has 0 aliphatic rings. The van der Waals surface area contributed by atoms with Crippen LogP contribution in [0.5, 0.6) is 0 Å². The molecular formula is C11H7BrClFN6O. The Labute approximate surface area is 131 Å². The van der Waals surface area contributed by atoms with Crippen molar-refractivity contribution in [2.45, 2.75) is 6.92 Å². The third-order valence-corrected chi connectivity index (χ3v) is 3.49. The van der Waals surface area contributed by atoms with Crippen molar-refractivity contribution in [2.75, 3.05) is 0 Å². The van der Waals surface area contributed by atoms with Crippen LogP contribution in [0.3, 0.4) is 0 Å². The highest BCUT2D eigenvalue weighted by Crippen LogP contribution is 2.34. The summed E-state index contributed by atoms with van der Waals surface area (Å²) in [5, 5.41) is 10.5. The van der Waals surface area contributed by atoms with Gasteiger partial charge in [0.05, 0.1) is 11.3 Å². The van der Waals surface area contributed by atoms with Crippen LogP contribution in [0, 0.1) is 12.7 Å². The number of aryl methyl sites for hydroxylation is 1. The summed E-state index contributed by atoms with van der Waals surface area (Å²) in [6.07, 6.45) is 1.41. The molecule has 1 aromatic heterocycles. The Balaban J connectivity index is 2.63. The zero-order valence-electron chi connectivity index (χ0n) is 10.8. The summed E-state index contributed by atoms with van der Waals surface area (Å²) in [6, 6.07) is 1.14. The topological polar surface area (TPSA) is 85.4 Å². The lowest BCUT2D eigenvalue weighted by molar-refractivity contribution is 0.565. The molecule has 0 spiro atoms. The van der Waals surface area contributed by atoms with Crippen LogP contribution in [-0.2, 0) is 11.8 Å². The summed E-state index contributed by atoms with van der Waals surface area (Å²) in [7, 11) is 1.57. The van der Waals surface area contributed by atoms with Crippen LogP contribution in [0.2, 0.25) is 0 Å². The second-order valence-corrected chi connectivity index (χ2v) is 5.11. The standard InChI is InChI=1S/C11H7BrClFN6O/c1-5-8(7(14)3-6(12)9(5)15-4-21)10(13)16-11-17-18-19-20(11)2/h3H,1-2H3. The molecule has 1 heterocycles. The minimum Gasteiger partial charge on any atom is -0.213 e. The Morgan fingerprint density at radius 3 is 2.86 bits per heavy atom. The van der Waals surface area contributed by atoms with Crippen molar-refractivity contribution in [1.82, 2.24) is 20.2 Å². The Morgan fingerprint density at radius 1 is 1.57 bits per heavy atom. The number of carbonyl (C=O) groups excluding carboxylic acids is 1. The van der Waals surface area contributed by atoms with Gasteiger partial charge in [-0.3, -0.25) is 0 Å². The Morgan fingerprint density at radius 2 is 2.29 bits per heavy atom. The van der Waals surface area contributed by atoms with E-state index in [0.717, 1.165) is 6.07 Å². The fourth-order valence-electron chi connectivity index (χ4n) is 1.63. The average Bonchev–Trinajstić information content (AvgIpc) is 2.80. The van der Waals surface area contributed by atoms with Crippen molar-refractivity contribution in [3.63, 3.8) is 0 Å². The minimum absolute atomic E-state index is 0.0110. The molecule has 1 aromatic carbocycles. The average molecular weight is 374 g/mol. The van der Waals surface area contributed by atoms with E-state index < -0.39 is 5.82 Å². The highest BCUT2D eigenvalue weighted by Gasteiger charge is 2.18. The van der Waals surface area contributed by atoms with Crippen molar-refractivity contribution in [2.24, 2.45) is 17.0 Å². The number of rotatable bonds is 3. The fourth-order valence-corrected chi connectivity index (χ4v) is 2.52. The van der Waals surface area contributed by atoms with Gasteiger partial charge in [0, 0.05) is 11.5 Å². The lowest BCUT2D eigenvalue weighted by Gasteiger charge is -2.09. The highest BCUT2D eigenvalue weighted by molar-refractivity contribution is 9.10. The normalized spacial score (nSPS) is 11.4. The van der Waals surface area contributed by atoms with Crippen LogP contribution in [-0.4, -0.2) is 31.5 Å². The van der Waals surface area contributed by atoms with E-state index in [-0.39, 0.29) is 22.4 Å². The van der Waals surface area contributed by atoms with Gasteiger partial charge in [-0.25, -0.2) is 13.9 Å². The van der Waals surface area contributed by atoms with Gasteiger partial charge in [-0.2, -0.15) is 9.98 Å². The minimum atomic E-state index is -0.617. The number of isocyanates is 1. The third-order valence-electron chi connectivity index (χ3n) is 2.61. The van der Waals surface area contributed by atoms with Crippen molar-refractivity contribution in [3.05, 3.63) is 27.5 Å². The number of aromatic nitrogens is 4. The van der Waals surface area contributed by atoms with Crippen LogP contribution in [0.25, 0.3) is 0 Å². The largest absolute Gasteiger partial charge is 0.270 e. The third kappa shape index (κ3) is 3.05. The Bertz CT molecular complexity index is 783. The molecule has 2 aromatic rings. The quantitative estimate of drug-likeness (QED) is 0.611. The number of hydrogen-bond acceptors (Lipinski definition) is 6. The molecule has 0 saturated carbocycles. The first-order valence-electron chi connectivity index (χ1n) is 5.49. The van der Waals surface area contributed by atoms with Crippen molar-refractivity contribution >= 4 is 50.4 Å². The molecule has 7 nitrogen and oxygen atoms in total. The van der Waals surface area contributed by atoms with Crippen molar-refractivity contribution in [1.29, 1.82) is 0 Å². The molecule has 10 heteroatoms. The predicted molar refractivity (Wildman–Crippen MR) is 77.5 cm³/mol. The molecule has 0 N–H and O–H groups in total. The van der Waals surface area contributed by atoms with E-state index in [9.17, 15) is 9.18 Å².